The fraction of sp³-hybridized carbons (Fsp3) is 0.600. The molecule has 8 heteroatoms. The largest absolute Gasteiger partial charge is 0.485 e. The summed E-state index contributed by atoms with van der Waals surface area (Å²) in [7, 11) is 0. The van der Waals surface area contributed by atoms with Gasteiger partial charge in [0.15, 0.2) is 17.0 Å². The Morgan fingerprint density at radius 3 is 2.10 bits per heavy atom. The molecule has 0 aliphatic heterocycles. The van der Waals surface area contributed by atoms with E-state index in [-0.39, 0.29) is 33.9 Å². The fourth-order valence-corrected chi connectivity index (χ4v) is 15.7. The van der Waals surface area contributed by atoms with E-state index in [0.29, 0.717) is 29.6 Å². The lowest BCUT2D eigenvalue weighted by Crippen LogP contribution is -2.50. The van der Waals surface area contributed by atoms with Crippen LogP contribution in [0.1, 0.15) is 129 Å². The molecule has 8 nitrogen and oxygen atoms in total. The fourth-order valence-electron chi connectivity index (χ4n) is 15.7. The number of hydrogen-bond donors (Lipinski definition) is 1. The van der Waals surface area contributed by atoms with E-state index in [1.54, 1.807) is 11.1 Å². The molecule has 12 unspecified atom stereocenters. The Kier molecular flexibility index (Phi) is 7.73. The molecule has 0 radical (unpaired) electrons. The van der Waals surface area contributed by atoms with Crippen LogP contribution in [0, 0.1) is 57.2 Å². The van der Waals surface area contributed by atoms with Crippen molar-refractivity contribution in [2.45, 2.75) is 130 Å². The topological polar surface area (TPSA) is 89.8 Å². The van der Waals surface area contributed by atoms with Gasteiger partial charge in [0.25, 0.3) is 0 Å². The number of nitrogens with zero attached hydrogens (tertiary/aromatic N) is 6. The monoisotopic (exact) mass is 776 g/mol. The Morgan fingerprint density at radius 1 is 0.672 bits per heavy atom. The molecule has 8 aliphatic carbocycles. The summed E-state index contributed by atoms with van der Waals surface area (Å²) >= 11 is 0. The number of rotatable bonds is 4. The molecule has 12 rings (SSSR count). The smallest absolute Gasteiger partial charge is 0.183 e. The van der Waals surface area contributed by atoms with Gasteiger partial charge in [-0.2, -0.15) is 5.10 Å². The van der Waals surface area contributed by atoms with Crippen molar-refractivity contribution in [3.8, 4) is 5.75 Å². The predicted octanol–water partition coefficient (Wildman–Crippen LogP) is 10.5. The molecule has 302 valence electrons. The van der Waals surface area contributed by atoms with Crippen molar-refractivity contribution in [1.82, 2.24) is 29.0 Å². The van der Waals surface area contributed by atoms with Crippen LogP contribution in [-0.2, 0) is 0 Å². The van der Waals surface area contributed by atoms with Crippen molar-refractivity contribution in [1.29, 1.82) is 0 Å². The molecule has 4 fully saturated rings. The second-order valence-electron chi connectivity index (χ2n) is 21.1. The van der Waals surface area contributed by atoms with E-state index >= 15 is 0 Å². The predicted molar refractivity (Wildman–Crippen MR) is 227 cm³/mol. The average Bonchev–Trinajstić information content (AvgIpc) is 4.01. The summed E-state index contributed by atoms with van der Waals surface area (Å²) < 4.78 is 11.1. The highest BCUT2D eigenvalue weighted by Gasteiger charge is 2.59. The van der Waals surface area contributed by atoms with Crippen molar-refractivity contribution in [2.24, 2.45) is 57.2 Å². The summed E-state index contributed by atoms with van der Waals surface area (Å²) in [5.74, 6) is 4.94. The zero-order valence-electron chi connectivity index (χ0n) is 34.9. The minimum absolute atomic E-state index is 0.126. The SMILES string of the molecule is CC12CCC(Oc3cncn4c(C5=CCC6C7CC=C8CC(O)CCC8(C)C7CCC56C)cnc34)CC1=CCC1C2CCC2(C)C(c3cnn4cccnc34)=CCC12. The molecule has 4 aromatic rings. The van der Waals surface area contributed by atoms with Crippen molar-refractivity contribution in [2.75, 3.05) is 0 Å². The molecular weight excluding hydrogens is 717 g/mol. The van der Waals surface area contributed by atoms with E-state index in [1.807, 2.05) is 35.5 Å². The summed E-state index contributed by atoms with van der Waals surface area (Å²) in [6.07, 6.45) is 38.0. The standard InChI is InChI=1S/C50H60N6O2/c1-47-18-14-32(57)24-30(47)6-8-35-38-12-13-42(50(38,4)21-17-40(35)47)43-27-53-46-44(28-51-29-55(43)46)58-33-15-19-48(2)31(25-33)7-9-34-37-10-11-39(49(37,3)20-16-41(34)48)36-26-54-56-23-5-22-52-45(36)56/h5-7,11,13,22-23,26-29,32-35,37-38,40-41,57H,8-10,12,14-21,24-25H2,1-4H3. The Balaban J connectivity index is 0.763. The molecular formula is C50H60N6O2. The number of imidazole rings is 1. The van der Waals surface area contributed by atoms with Gasteiger partial charge in [-0.1, -0.05) is 63.1 Å². The second-order valence-corrected chi connectivity index (χ2v) is 21.1. The molecule has 0 bridgehead atoms. The molecule has 0 saturated heterocycles. The minimum atomic E-state index is -0.153. The molecule has 12 atom stereocenters. The molecule has 4 aromatic heterocycles. The highest BCUT2D eigenvalue weighted by molar-refractivity contribution is 5.80. The van der Waals surface area contributed by atoms with E-state index in [9.17, 15) is 5.11 Å². The minimum Gasteiger partial charge on any atom is -0.485 e. The maximum atomic E-state index is 10.5. The van der Waals surface area contributed by atoms with Crippen molar-refractivity contribution >= 4 is 22.4 Å². The van der Waals surface area contributed by atoms with Crippen LogP contribution in [0.2, 0.25) is 0 Å². The number of aliphatic hydroxyl groups excluding tert-OH is 1. The number of aliphatic hydroxyl groups is 1. The maximum absolute atomic E-state index is 10.5. The van der Waals surface area contributed by atoms with E-state index in [2.05, 4.69) is 73.9 Å². The first kappa shape index (κ1) is 35.9. The highest BCUT2D eigenvalue weighted by Crippen LogP contribution is 2.68. The third kappa shape index (κ3) is 4.84. The molecule has 4 heterocycles. The van der Waals surface area contributed by atoms with Gasteiger partial charge in [0.05, 0.1) is 30.4 Å². The second kappa shape index (κ2) is 12.5. The van der Waals surface area contributed by atoms with Gasteiger partial charge in [-0.05, 0) is 158 Å². The first-order valence-corrected chi connectivity index (χ1v) is 22.8. The van der Waals surface area contributed by atoms with Gasteiger partial charge in [-0.15, -0.1) is 0 Å². The van der Waals surface area contributed by atoms with Gasteiger partial charge < -0.3 is 9.84 Å². The van der Waals surface area contributed by atoms with Gasteiger partial charge in [-0.25, -0.2) is 19.5 Å². The number of hydrogen-bond acceptors (Lipinski definition) is 6. The van der Waals surface area contributed by atoms with Gasteiger partial charge in [0, 0.05) is 24.4 Å². The average molecular weight is 777 g/mol. The van der Waals surface area contributed by atoms with Gasteiger partial charge in [0.1, 0.15) is 12.4 Å². The Labute approximate surface area is 343 Å². The third-order valence-corrected chi connectivity index (χ3v) is 18.8. The number of fused-ring (bicyclic) bond motifs is 12. The van der Waals surface area contributed by atoms with Crippen molar-refractivity contribution < 1.29 is 9.84 Å². The quantitative estimate of drug-likeness (QED) is 0.208. The zero-order valence-corrected chi connectivity index (χ0v) is 34.9. The van der Waals surface area contributed by atoms with Crippen molar-refractivity contribution in [3.05, 3.63) is 90.1 Å². The third-order valence-electron chi connectivity index (χ3n) is 18.8. The van der Waals surface area contributed by atoms with Crippen LogP contribution >= 0.6 is 0 Å². The van der Waals surface area contributed by atoms with E-state index in [1.165, 1.54) is 60.9 Å². The van der Waals surface area contributed by atoms with Crippen LogP contribution in [-0.4, -0.2) is 46.3 Å². The number of ether oxygens (including phenoxy) is 1. The van der Waals surface area contributed by atoms with Gasteiger partial charge in [0.2, 0.25) is 0 Å². The van der Waals surface area contributed by atoms with Crippen LogP contribution in [0.25, 0.3) is 22.4 Å². The summed E-state index contributed by atoms with van der Waals surface area (Å²) in [6.45, 7) is 10.2. The normalized spacial score (nSPS) is 41.6. The van der Waals surface area contributed by atoms with Gasteiger partial charge in [-0.3, -0.25) is 4.40 Å². The van der Waals surface area contributed by atoms with Gasteiger partial charge >= 0.3 is 0 Å². The first-order valence-electron chi connectivity index (χ1n) is 22.8. The summed E-state index contributed by atoms with van der Waals surface area (Å²) in [5, 5.41) is 15.2. The van der Waals surface area contributed by atoms with Crippen LogP contribution < -0.4 is 4.74 Å². The summed E-state index contributed by atoms with van der Waals surface area (Å²) in [5.41, 5.74) is 11.2. The Bertz CT molecular complexity index is 2470. The van der Waals surface area contributed by atoms with Crippen LogP contribution in [0.5, 0.6) is 5.75 Å². The molecule has 4 saturated carbocycles. The lowest BCUT2D eigenvalue weighted by Gasteiger charge is -2.57. The van der Waals surface area contributed by atoms with E-state index in [4.69, 9.17) is 19.7 Å². The zero-order chi connectivity index (χ0) is 39.2. The highest BCUT2D eigenvalue weighted by atomic mass is 16.5. The molecule has 8 aliphatic rings. The van der Waals surface area contributed by atoms with Crippen LogP contribution in [0.15, 0.2) is 78.8 Å². The number of aromatic nitrogens is 6. The number of allylic oxidation sites excluding steroid dienone is 6. The first-order chi connectivity index (χ1) is 28.1. The molecule has 1 N–H and O–H groups in total. The van der Waals surface area contributed by atoms with Crippen molar-refractivity contribution in [3.63, 3.8) is 0 Å². The summed E-state index contributed by atoms with van der Waals surface area (Å²) in [6, 6.07) is 1.96. The molecule has 0 spiro atoms. The molecule has 0 amide bonds. The van der Waals surface area contributed by atoms with E-state index in [0.717, 1.165) is 74.3 Å². The lowest BCUT2D eigenvalue weighted by atomic mass is 9.47. The summed E-state index contributed by atoms with van der Waals surface area (Å²) in [4.78, 5) is 14.6. The Hall–Kier alpha value is -4.04. The Morgan fingerprint density at radius 2 is 1.34 bits per heavy atom. The lowest BCUT2D eigenvalue weighted by molar-refractivity contribution is -0.0238. The molecule has 58 heavy (non-hydrogen) atoms. The maximum Gasteiger partial charge on any atom is 0.183 e. The van der Waals surface area contributed by atoms with Crippen LogP contribution in [0.3, 0.4) is 0 Å². The van der Waals surface area contributed by atoms with E-state index < -0.39 is 0 Å². The van der Waals surface area contributed by atoms with Crippen LogP contribution in [0.4, 0.5) is 0 Å². The molecule has 0 aromatic carbocycles.